The summed E-state index contributed by atoms with van der Waals surface area (Å²) in [5.41, 5.74) is 6.62. The average Bonchev–Trinajstić information content (AvgIpc) is 2.53. The third-order valence-electron chi connectivity index (χ3n) is 2.92. The monoisotopic (exact) mass is 307 g/mol. The SMILES string of the molecule is COc1ccc(CN)c(OCCOc2ccc(Cl)cc2)c1. The molecule has 112 valence electrons. The topological polar surface area (TPSA) is 53.7 Å². The second-order valence-electron chi connectivity index (χ2n) is 4.33. The highest BCUT2D eigenvalue weighted by atomic mass is 35.5. The summed E-state index contributed by atoms with van der Waals surface area (Å²) >= 11 is 5.81. The molecule has 0 saturated heterocycles. The first-order valence-corrected chi connectivity index (χ1v) is 6.99. The van der Waals surface area contributed by atoms with E-state index >= 15 is 0 Å². The van der Waals surface area contributed by atoms with Crippen LogP contribution in [0.4, 0.5) is 0 Å². The zero-order chi connectivity index (χ0) is 15.1. The highest BCUT2D eigenvalue weighted by Crippen LogP contribution is 2.24. The highest BCUT2D eigenvalue weighted by molar-refractivity contribution is 6.30. The standard InChI is InChI=1S/C16H18ClNO3/c1-19-15-5-2-12(11-18)16(10-15)21-9-8-20-14-6-3-13(17)4-7-14/h2-7,10H,8-9,11,18H2,1H3. The van der Waals surface area contributed by atoms with Gasteiger partial charge < -0.3 is 19.9 Å². The van der Waals surface area contributed by atoms with Crippen LogP contribution < -0.4 is 19.9 Å². The molecule has 0 aliphatic carbocycles. The Morgan fingerprint density at radius 2 is 1.62 bits per heavy atom. The fourth-order valence-electron chi connectivity index (χ4n) is 1.81. The zero-order valence-corrected chi connectivity index (χ0v) is 12.6. The zero-order valence-electron chi connectivity index (χ0n) is 11.8. The van der Waals surface area contributed by atoms with Gasteiger partial charge in [0.15, 0.2) is 0 Å². The molecule has 0 aliphatic rings. The third-order valence-corrected chi connectivity index (χ3v) is 3.17. The fourth-order valence-corrected chi connectivity index (χ4v) is 1.93. The molecule has 0 aliphatic heterocycles. The second-order valence-corrected chi connectivity index (χ2v) is 4.77. The second kappa shape index (κ2) is 7.76. The fraction of sp³-hybridized carbons (Fsp3) is 0.250. The summed E-state index contributed by atoms with van der Waals surface area (Å²) in [5.74, 6) is 2.21. The summed E-state index contributed by atoms with van der Waals surface area (Å²) in [7, 11) is 1.62. The van der Waals surface area contributed by atoms with Gasteiger partial charge in [-0.15, -0.1) is 0 Å². The molecule has 0 spiro atoms. The minimum Gasteiger partial charge on any atom is -0.497 e. The van der Waals surface area contributed by atoms with E-state index in [1.807, 2.05) is 30.3 Å². The van der Waals surface area contributed by atoms with E-state index in [0.29, 0.717) is 24.8 Å². The highest BCUT2D eigenvalue weighted by Gasteiger charge is 2.04. The molecule has 2 aromatic rings. The van der Waals surface area contributed by atoms with E-state index in [-0.39, 0.29) is 0 Å². The van der Waals surface area contributed by atoms with Gasteiger partial charge in [0.05, 0.1) is 7.11 Å². The van der Waals surface area contributed by atoms with Gasteiger partial charge in [0.1, 0.15) is 30.5 Å². The average molecular weight is 308 g/mol. The molecule has 0 fully saturated rings. The predicted octanol–water partition coefficient (Wildman–Crippen LogP) is 3.27. The van der Waals surface area contributed by atoms with E-state index < -0.39 is 0 Å². The van der Waals surface area contributed by atoms with Crippen molar-refractivity contribution in [3.05, 3.63) is 53.1 Å². The third kappa shape index (κ3) is 4.55. The molecule has 2 rings (SSSR count). The lowest BCUT2D eigenvalue weighted by atomic mass is 10.2. The summed E-state index contributed by atoms with van der Waals surface area (Å²) in [6.07, 6.45) is 0. The van der Waals surface area contributed by atoms with Gasteiger partial charge in [-0.1, -0.05) is 17.7 Å². The van der Waals surface area contributed by atoms with Gasteiger partial charge in [0, 0.05) is 23.2 Å². The van der Waals surface area contributed by atoms with E-state index in [0.717, 1.165) is 22.8 Å². The van der Waals surface area contributed by atoms with Crippen molar-refractivity contribution in [2.45, 2.75) is 6.54 Å². The molecular formula is C16H18ClNO3. The van der Waals surface area contributed by atoms with Crippen LogP contribution in [0.2, 0.25) is 5.02 Å². The number of halogens is 1. The lowest BCUT2D eigenvalue weighted by Crippen LogP contribution is -2.11. The Bertz CT molecular complexity index is 572. The molecular weight excluding hydrogens is 290 g/mol. The molecule has 0 bridgehead atoms. The van der Waals surface area contributed by atoms with Crippen LogP contribution in [0.3, 0.4) is 0 Å². The minimum absolute atomic E-state index is 0.414. The molecule has 21 heavy (non-hydrogen) atoms. The van der Waals surface area contributed by atoms with Crippen LogP contribution in [0, 0.1) is 0 Å². The van der Waals surface area contributed by atoms with Crippen molar-refractivity contribution in [2.24, 2.45) is 5.73 Å². The van der Waals surface area contributed by atoms with E-state index in [4.69, 9.17) is 31.5 Å². The Labute approximate surface area is 129 Å². The molecule has 0 saturated carbocycles. The van der Waals surface area contributed by atoms with E-state index in [1.165, 1.54) is 0 Å². The maximum Gasteiger partial charge on any atom is 0.127 e. The predicted molar refractivity (Wildman–Crippen MR) is 83.3 cm³/mol. The largest absolute Gasteiger partial charge is 0.497 e. The molecule has 0 radical (unpaired) electrons. The first kappa shape index (κ1) is 15.5. The van der Waals surface area contributed by atoms with E-state index in [1.54, 1.807) is 19.2 Å². The number of methoxy groups -OCH3 is 1. The van der Waals surface area contributed by atoms with Crippen molar-refractivity contribution in [3.63, 3.8) is 0 Å². The van der Waals surface area contributed by atoms with Crippen LogP contribution in [0.15, 0.2) is 42.5 Å². The van der Waals surface area contributed by atoms with Gasteiger partial charge in [0.25, 0.3) is 0 Å². The van der Waals surface area contributed by atoms with Crippen molar-refractivity contribution in [3.8, 4) is 17.2 Å². The summed E-state index contributed by atoms with van der Waals surface area (Å²) < 4.78 is 16.4. The molecule has 0 unspecified atom stereocenters. The van der Waals surface area contributed by atoms with Gasteiger partial charge in [-0.3, -0.25) is 0 Å². The molecule has 0 amide bonds. The Hall–Kier alpha value is -1.91. The van der Waals surface area contributed by atoms with Crippen LogP contribution in [-0.4, -0.2) is 20.3 Å². The Balaban J connectivity index is 1.86. The number of rotatable bonds is 7. The lowest BCUT2D eigenvalue weighted by Gasteiger charge is -2.12. The van der Waals surface area contributed by atoms with E-state index in [9.17, 15) is 0 Å². The van der Waals surface area contributed by atoms with Gasteiger partial charge in [0.2, 0.25) is 0 Å². The Morgan fingerprint density at radius 1 is 0.952 bits per heavy atom. The van der Waals surface area contributed by atoms with Crippen LogP contribution in [0.1, 0.15) is 5.56 Å². The van der Waals surface area contributed by atoms with Crippen molar-refractivity contribution >= 4 is 11.6 Å². The number of ether oxygens (including phenoxy) is 3. The number of hydrogen-bond donors (Lipinski definition) is 1. The van der Waals surface area contributed by atoms with Crippen LogP contribution in [-0.2, 0) is 6.54 Å². The Morgan fingerprint density at radius 3 is 2.29 bits per heavy atom. The van der Waals surface area contributed by atoms with Gasteiger partial charge in [-0.2, -0.15) is 0 Å². The van der Waals surface area contributed by atoms with Crippen LogP contribution >= 0.6 is 11.6 Å². The first-order chi connectivity index (χ1) is 10.2. The summed E-state index contributed by atoms with van der Waals surface area (Å²) in [5, 5.41) is 0.683. The van der Waals surface area contributed by atoms with Crippen molar-refractivity contribution in [1.29, 1.82) is 0 Å². The normalized spacial score (nSPS) is 10.2. The molecule has 0 aromatic heterocycles. The van der Waals surface area contributed by atoms with Crippen molar-refractivity contribution in [2.75, 3.05) is 20.3 Å². The maximum atomic E-state index is 5.81. The number of nitrogens with two attached hydrogens (primary N) is 1. The molecule has 5 heteroatoms. The van der Waals surface area contributed by atoms with Crippen LogP contribution in [0.25, 0.3) is 0 Å². The van der Waals surface area contributed by atoms with Crippen molar-refractivity contribution in [1.82, 2.24) is 0 Å². The quantitative estimate of drug-likeness (QED) is 0.798. The molecule has 2 N–H and O–H groups in total. The molecule has 0 atom stereocenters. The van der Waals surface area contributed by atoms with Gasteiger partial charge in [-0.25, -0.2) is 0 Å². The van der Waals surface area contributed by atoms with E-state index in [2.05, 4.69) is 0 Å². The summed E-state index contributed by atoms with van der Waals surface area (Å²) in [4.78, 5) is 0. The molecule has 2 aromatic carbocycles. The Kier molecular flexibility index (Phi) is 5.72. The number of hydrogen-bond acceptors (Lipinski definition) is 4. The summed E-state index contributed by atoms with van der Waals surface area (Å²) in [6, 6.07) is 12.8. The number of benzene rings is 2. The molecule has 4 nitrogen and oxygen atoms in total. The van der Waals surface area contributed by atoms with Crippen LogP contribution in [0.5, 0.6) is 17.2 Å². The minimum atomic E-state index is 0.414. The lowest BCUT2D eigenvalue weighted by molar-refractivity contribution is 0.215. The maximum absolute atomic E-state index is 5.81. The summed E-state index contributed by atoms with van der Waals surface area (Å²) in [6.45, 7) is 1.27. The smallest absolute Gasteiger partial charge is 0.127 e. The van der Waals surface area contributed by atoms with Gasteiger partial charge >= 0.3 is 0 Å². The van der Waals surface area contributed by atoms with Crippen molar-refractivity contribution < 1.29 is 14.2 Å². The van der Waals surface area contributed by atoms with Gasteiger partial charge in [-0.05, 0) is 30.3 Å². The first-order valence-electron chi connectivity index (χ1n) is 6.61. The molecule has 0 heterocycles.